The molecule has 0 fully saturated rings. The van der Waals surface area contributed by atoms with Crippen LogP contribution in [0.25, 0.3) is 0 Å². The molecule has 0 heterocycles. The summed E-state index contributed by atoms with van der Waals surface area (Å²) < 4.78 is 11.7. The molecule has 3 aromatic carbocycles. The highest BCUT2D eigenvalue weighted by Crippen LogP contribution is 2.22. The van der Waals surface area contributed by atoms with E-state index >= 15 is 0 Å². The first-order chi connectivity index (χ1) is 15.7. The number of ether oxygens (including phenoxy) is 2. The van der Waals surface area contributed by atoms with E-state index in [1.807, 2.05) is 54.6 Å². The molecule has 1 unspecified atom stereocenters. The van der Waals surface area contributed by atoms with Gasteiger partial charge in [-0.3, -0.25) is 4.79 Å². The van der Waals surface area contributed by atoms with Crippen LogP contribution in [0, 0.1) is 0 Å². The largest absolute Gasteiger partial charge is 0.493 e. The summed E-state index contributed by atoms with van der Waals surface area (Å²) in [6, 6.07) is 25.6. The Labute approximate surface area is 190 Å². The Kier molecular flexibility index (Phi) is 9.05. The van der Waals surface area contributed by atoms with Crippen LogP contribution < -0.4 is 4.74 Å². The lowest BCUT2D eigenvalue weighted by molar-refractivity contribution is 0.0242. The van der Waals surface area contributed by atoms with Crippen molar-refractivity contribution < 1.29 is 19.1 Å². The highest BCUT2D eigenvalue weighted by atomic mass is 16.5. The van der Waals surface area contributed by atoms with Gasteiger partial charge in [-0.2, -0.15) is 0 Å². The molecule has 4 nitrogen and oxygen atoms in total. The molecular weight excluding hydrogens is 400 g/mol. The second-order valence-electron chi connectivity index (χ2n) is 7.72. The van der Waals surface area contributed by atoms with Crippen LogP contribution in [0.15, 0.2) is 84.9 Å². The van der Waals surface area contributed by atoms with Crippen LogP contribution in [0.4, 0.5) is 0 Å². The summed E-state index contributed by atoms with van der Waals surface area (Å²) in [4.78, 5) is 25.3. The molecule has 0 saturated carbocycles. The zero-order chi connectivity index (χ0) is 22.6. The first-order valence-electron chi connectivity index (χ1n) is 11.3. The lowest BCUT2D eigenvalue weighted by Gasteiger charge is -2.18. The van der Waals surface area contributed by atoms with Gasteiger partial charge in [0.2, 0.25) is 0 Å². The Hall–Kier alpha value is -3.40. The van der Waals surface area contributed by atoms with Crippen molar-refractivity contribution in [3.8, 4) is 5.75 Å². The molecule has 0 radical (unpaired) electrons. The average molecular weight is 431 g/mol. The fourth-order valence-electron chi connectivity index (χ4n) is 3.51. The van der Waals surface area contributed by atoms with Crippen LogP contribution in [0.2, 0.25) is 0 Å². The van der Waals surface area contributed by atoms with Crippen molar-refractivity contribution >= 4 is 11.8 Å². The third-order valence-corrected chi connectivity index (χ3v) is 5.26. The molecule has 0 saturated heterocycles. The van der Waals surface area contributed by atoms with Gasteiger partial charge in [0, 0.05) is 5.56 Å². The quantitative estimate of drug-likeness (QED) is 0.187. The van der Waals surface area contributed by atoms with E-state index in [1.165, 1.54) is 0 Å². The minimum Gasteiger partial charge on any atom is -0.493 e. The summed E-state index contributed by atoms with van der Waals surface area (Å²) in [7, 11) is 0. The van der Waals surface area contributed by atoms with Crippen LogP contribution in [0.5, 0.6) is 5.75 Å². The van der Waals surface area contributed by atoms with Crippen molar-refractivity contribution in [2.75, 3.05) is 6.61 Å². The minimum atomic E-state index is -0.286. The van der Waals surface area contributed by atoms with Crippen LogP contribution in [0.3, 0.4) is 0 Å². The van der Waals surface area contributed by atoms with Gasteiger partial charge >= 0.3 is 5.97 Å². The molecule has 0 aromatic heterocycles. The fourth-order valence-corrected chi connectivity index (χ4v) is 3.51. The molecule has 32 heavy (non-hydrogen) atoms. The van der Waals surface area contributed by atoms with Crippen molar-refractivity contribution in [2.45, 2.75) is 45.1 Å². The van der Waals surface area contributed by atoms with E-state index in [1.54, 1.807) is 30.3 Å². The number of hydrogen-bond donors (Lipinski definition) is 0. The molecule has 0 spiro atoms. The topological polar surface area (TPSA) is 52.6 Å². The number of rotatable bonds is 12. The minimum absolute atomic E-state index is 0.0567. The molecule has 0 bridgehead atoms. The maximum atomic E-state index is 12.8. The lowest BCUT2D eigenvalue weighted by atomic mass is 10.0. The first kappa shape index (κ1) is 23.3. The van der Waals surface area contributed by atoms with Gasteiger partial charge in [-0.1, -0.05) is 80.4 Å². The molecule has 0 N–H and O–H groups in total. The summed E-state index contributed by atoms with van der Waals surface area (Å²) in [6.07, 6.45) is 4.18. The van der Waals surface area contributed by atoms with E-state index in [0.29, 0.717) is 35.5 Å². The van der Waals surface area contributed by atoms with E-state index in [2.05, 4.69) is 6.92 Å². The van der Waals surface area contributed by atoms with Crippen molar-refractivity contribution in [2.24, 2.45) is 0 Å². The molecule has 0 aliphatic heterocycles. The molecule has 0 aliphatic rings. The number of para-hydroxylation sites is 1. The summed E-state index contributed by atoms with van der Waals surface area (Å²) in [5, 5.41) is 0. The van der Waals surface area contributed by atoms with Gasteiger partial charge in [-0.05, 0) is 43.5 Å². The monoisotopic (exact) mass is 430 g/mol. The summed E-state index contributed by atoms with van der Waals surface area (Å²) in [6.45, 7) is 2.57. The second-order valence-corrected chi connectivity index (χ2v) is 7.72. The molecule has 166 valence electrons. The maximum absolute atomic E-state index is 12.8. The van der Waals surface area contributed by atoms with Crippen molar-refractivity contribution in [3.05, 3.63) is 102 Å². The van der Waals surface area contributed by atoms with E-state index < -0.39 is 0 Å². The number of unbranched alkanes of at least 4 members (excludes halogenated alkanes) is 1. The Morgan fingerprint density at radius 3 is 2.03 bits per heavy atom. The Morgan fingerprint density at radius 2 is 1.34 bits per heavy atom. The summed E-state index contributed by atoms with van der Waals surface area (Å²) in [5.41, 5.74) is 1.76. The third kappa shape index (κ3) is 6.81. The summed E-state index contributed by atoms with van der Waals surface area (Å²) >= 11 is 0. The Bertz CT molecular complexity index is 983. The van der Waals surface area contributed by atoms with Gasteiger partial charge in [-0.25, -0.2) is 4.79 Å². The number of ketones is 1. The van der Waals surface area contributed by atoms with Gasteiger partial charge in [0.05, 0.1) is 17.7 Å². The van der Waals surface area contributed by atoms with Gasteiger partial charge in [0.25, 0.3) is 0 Å². The number of benzene rings is 3. The van der Waals surface area contributed by atoms with E-state index in [0.717, 1.165) is 25.7 Å². The smallest absolute Gasteiger partial charge is 0.338 e. The normalized spacial score (nSPS) is 11.5. The van der Waals surface area contributed by atoms with Crippen molar-refractivity contribution in [3.63, 3.8) is 0 Å². The van der Waals surface area contributed by atoms with Crippen molar-refractivity contribution in [1.82, 2.24) is 0 Å². The molecule has 1 atom stereocenters. The fraction of sp³-hybridized carbons (Fsp3) is 0.286. The van der Waals surface area contributed by atoms with Crippen LogP contribution in [-0.4, -0.2) is 24.5 Å². The predicted octanol–water partition coefficient (Wildman–Crippen LogP) is 6.49. The molecule has 3 rings (SSSR count). The maximum Gasteiger partial charge on any atom is 0.338 e. The van der Waals surface area contributed by atoms with Gasteiger partial charge in [-0.15, -0.1) is 0 Å². The molecular formula is C28H30O4. The molecule has 4 heteroatoms. The van der Waals surface area contributed by atoms with Crippen LogP contribution in [0.1, 0.15) is 65.3 Å². The number of esters is 1. The highest BCUT2D eigenvalue weighted by molar-refractivity contribution is 6.10. The first-order valence-corrected chi connectivity index (χ1v) is 11.3. The number of carbonyl (C=O) groups is 2. The highest BCUT2D eigenvalue weighted by Gasteiger charge is 2.17. The Balaban J connectivity index is 1.55. The van der Waals surface area contributed by atoms with E-state index in [4.69, 9.17) is 9.47 Å². The number of carbonyl (C=O) groups excluding carboxylic acids is 2. The second kappa shape index (κ2) is 12.5. The summed E-state index contributed by atoms with van der Waals surface area (Å²) in [5.74, 6) is 0.234. The standard InChI is InChI=1S/C28H30O4/c1-2-3-17-24(32-28(30)23-15-8-5-9-16-23)18-12-21-31-26-20-11-10-19-25(26)27(29)22-13-6-4-7-14-22/h4-11,13-16,19-20,24H,2-3,12,17-18,21H2,1H3. The third-order valence-electron chi connectivity index (χ3n) is 5.26. The molecule has 3 aromatic rings. The van der Waals surface area contributed by atoms with E-state index in [9.17, 15) is 9.59 Å². The molecule has 0 aliphatic carbocycles. The molecule has 0 amide bonds. The van der Waals surface area contributed by atoms with Crippen molar-refractivity contribution in [1.29, 1.82) is 0 Å². The zero-order valence-electron chi connectivity index (χ0n) is 18.5. The van der Waals surface area contributed by atoms with E-state index in [-0.39, 0.29) is 17.9 Å². The average Bonchev–Trinajstić information content (AvgIpc) is 2.85. The van der Waals surface area contributed by atoms with Crippen LogP contribution in [-0.2, 0) is 4.74 Å². The van der Waals surface area contributed by atoms with Gasteiger partial charge in [0.1, 0.15) is 11.9 Å². The van der Waals surface area contributed by atoms with Crippen LogP contribution >= 0.6 is 0 Å². The van der Waals surface area contributed by atoms with Gasteiger partial charge in [0.15, 0.2) is 5.78 Å². The lowest BCUT2D eigenvalue weighted by Crippen LogP contribution is -2.19. The zero-order valence-corrected chi connectivity index (χ0v) is 18.5. The van der Waals surface area contributed by atoms with Gasteiger partial charge < -0.3 is 9.47 Å². The SMILES string of the molecule is CCCCC(CCCOc1ccccc1C(=O)c1ccccc1)OC(=O)c1ccccc1. The Morgan fingerprint density at radius 1 is 0.750 bits per heavy atom. The predicted molar refractivity (Wildman–Crippen MR) is 126 cm³/mol. The number of hydrogen-bond acceptors (Lipinski definition) is 4.